The van der Waals surface area contributed by atoms with Crippen LogP contribution in [0.4, 0.5) is 5.69 Å². The SMILES string of the molecule is COC(=O)C(C)(C)CN1C(=O)C(=O)c2cccc(Br)c21. The van der Waals surface area contributed by atoms with Gasteiger partial charge in [-0.25, -0.2) is 0 Å². The Balaban J connectivity index is 2.43. The monoisotopic (exact) mass is 339 g/mol. The summed E-state index contributed by atoms with van der Waals surface area (Å²) in [5, 5.41) is 0. The maximum atomic E-state index is 12.1. The van der Waals surface area contributed by atoms with Gasteiger partial charge in [0.15, 0.2) is 0 Å². The number of Topliss-reactive ketones (excluding diaryl/α,β-unsaturated/α-hetero) is 1. The van der Waals surface area contributed by atoms with Gasteiger partial charge in [0.05, 0.1) is 23.8 Å². The third-order valence-electron chi connectivity index (χ3n) is 3.23. The van der Waals surface area contributed by atoms with Gasteiger partial charge in [-0.05, 0) is 41.9 Å². The molecule has 1 aromatic rings. The molecule has 0 aliphatic carbocycles. The van der Waals surface area contributed by atoms with E-state index in [2.05, 4.69) is 15.9 Å². The fourth-order valence-corrected chi connectivity index (χ4v) is 2.78. The minimum Gasteiger partial charge on any atom is -0.469 e. The molecule has 0 radical (unpaired) electrons. The number of rotatable bonds is 3. The molecular formula is C14H14BrNO4. The number of methoxy groups -OCH3 is 1. The zero-order valence-electron chi connectivity index (χ0n) is 11.4. The van der Waals surface area contributed by atoms with Gasteiger partial charge in [-0.1, -0.05) is 6.07 Å². The zero-order valence-corrected chi connectivity index (χ0v) is 13.0. The van der Waals surface area contributed by atoms with Gasteiger partial charge in [-0.2, -0.15) is 0 Å². The standard InChI is InChI=1S/C14H14BrNO4/c1-14(2,13(19)20-3)7-16-10-8(11(17)12(16)18)5-4-6-9(10)15/h4-6H,7H2,1-3H3. The molecule has 5 nitrogen and oxygen atoms in total. The number of carbonyl (C=O) groups is 3. The maximum Gasteiger partial charge on any atom is 0.313 e. The number of para-hydroxylation sites is 1. The van der Waals surface area contributed by atoms with Crippen LogP contribution in [0.25, 0.3) is 0 Å². The Hall–Kier alpha value is -1.69. The Morgan fingerprint density at radius 1 is 1.35 bits per heavy atom. The van der Waals surface area contributed by atoms with E-state index in [1.807, 2.05) is 0 Å². The highest BCUT2D eigenvalue weighted by Crippen LogP contribution is 2.37. The van der Waals surface area contributed by atoms with Crippen LogP contribution in [0.15, 0.2) is 22.7 Å². The van der Waals surface area contributed by atoms with Gasteiger partial charge in [0.2, 0.25) is 0 Å². The fourth-order valence-electron chi connectivity index (χ4n) is 2.20. The van der Waals surface area contributed by atoms with Crippen molar-refractivity contribution in [2.24, 2.45) is 5.41 Å². The summed E-state index contributed by atoms with van der Waals surface area (Å²) in [5.74, 6) is -1.61. The van der Waals surface area contributed by atoms with Gasteiger partial charge in [0.1, 0.15) is 0 Å². The van der Waals surface area contributed by atoms with Crippen molar-refractivity contribution in [1.82, 2.24) is 0 Å². The summed E-state index contributed by atoms with van der Waals surface area (Å²) in [7, 11) is 1.30. The molecule has 0 bridgehead atoms. The van der Waals surface area contributed by atoms with E-state index in [9.17, 15) is 14.4 Å². The highest BCUT2D eigenvalue weighted by Gasteiger charge is 2.42. The molecular weight excluding hydrogens is 326 g/mol. The number of anilines is 1. The molecule has 0 spiro atoms. The Kier molecular flexibility index (Phi) is 3.69. The Labute approximate surface area is 125 Å². The minimum atomic E-state index is -0.901. The third kappa shape index (κ3) is 2.24. The Morgan fingerprint density at radius 3 is 2.60 bits per heavy atom. The van der Waals surface area contributed by atoms with Gasteiger partial charge in [-0.15, -0.1) is 0 Å². The highest BCUT2D eigenvalue weighted by molar-refractivity contribution is 9.10. The lowest BCUT2D eigenvalue weighted by Crippen LogP contribution is -2.42. The second-order valence-corrected chi connectivity index (χ2v) is 6.09. The van der Waals surface area contributed by atoms with E-state index in [4.69, 9.17) is 4.74 Å². The molecule has 0 unspecified atom stereocenters. The number of amides is 1. The Bertz CT molecular complexity index is 609. The van der Waals surface area contributed by atoms with E-state index in [0.717, 1.165) is 0 Å². The van der Waals surface area contributed by atoms with Crippen molar-refractivity contribution in [3.63, 3.8) is 0 Å². The second kappa shape index (κ2) is 5.01. The molecule has 106 valence electrons. The van der Waals surface area contributed by atoms with E-state index in [1.165, 1.54) is 12.0 Å². The number of ketones is 1. The predicted molar refractivity (Wildman–Crippen MR) is 76.6 cm³/mol. The van der Waals surface area contributed by atoms with Crippen molar-refractivity contribution in [2.75, 3.05) is 18.6 Å². The van der Waals surface area contributed by atoms with Gasteiger partial charge in [0, 0.05) is 11.0 Å². The zero-order chi connectivity index (χ0) is 15.1. The van der Waals surface area contributed by atoms with Crippen LogP contribution in [0, 0.1) is 5.41 Å². The first-order valence-electron chi connectivity index (χ1n) is 6.02. The Morgan fingerprint density at radius 2 is 2.00 bits per heavy atom. The van der Waals surface area contributed by atoms with Crippen LogP contribution in [0.3, 0.4) is 0 Å². The largest absolute Gasteiger partial charge is 0.469 e. The average Bonchev–Trinajstić information content (AvgIpc) is 2.64. The van der Waals surface area contributed by atoms with Gasteiger partial charge in [-0.3, -0.25) is 14.4 Å². The number of ether oxygens (including phenoxy) is 1. The topological polar surface area (TPSA) is 63.7 Å². The first-order chi connectivity index (χ1) is 9.29. The van der Waals surface area contributed by atoms with Crippen molar-refractivity contribution in [1.29, 1.82) is 0 Å². The molecule has 0 saturated heterocycles. The first kappa shape index (κ1) is 14.7. The molecule has 0 fully saturated rings. The molecule has 1 aromatic carbocycles. The normalized spacial score (nSPS) is 14.5. The minimum absolute atomic E-state index is 0.0832. The number of carbonyl (C=O) groups excluding carboxylic acids is 3. The second-order valence-electron chi connectivity index (χ2n) is 5.23. The lowest BCUT2D eigenvalue weighted by Gasteiger charge is -2.28. The van der Waals surface area contributed by atoms with Crippen molar-refractivity contribution in [2.45, 2.75) is 13.8 Å². The molecule has 1 aliphatic heterocycles. The van der Waals surface area contributed by atoms with Crippen LogP contribution in [0.1, 0.15) is 24.2 Å². The lowest BCUT2D eigenvalue weighted by atomic mass is 9.93. The number of fused-ring (bicyclic) bond motifs is 1. The quantitative estimate of drug-likeness (QED) is 0.625. The molecule has 1 amide bonds. The molecule has 6 heteroatoms. The van der Waals surface area contributed by atoms with Gasteiger partial charge in [0.25, 0.3) is 11.7 Å². The molecule has 20 heavy (non-hydrogen) atoms. The number of hydrogen-bond donors (Lipinski definition) is 0. The molecule has 2 rings (SSSR count). The third-order valence-corrected chi connectivity index (χ3v) is 3.87. The van der Waals surface area contributed by atoms with Crippen molar-refractivity contribution in [3.05, 3.63) is 28.2 Å². The number of benzene rings is 1. The predicted octanol–water partition coefficient (Wildman–Crippen LogP) is 2.18. The molecule has 0 atom stereocenters. The fraction of sp³-hybridized carbons (Fsp3) is 0.357. The smallest absolute Gasteiger partial charge is 0.313 e. The summed E-state index contributed by atoms with van der Waals surface area (Å²) in [6.45, 7) is 3.43. The van der Waals surface area contributed by atoms with Crippen LogP contribution in [-0.4, -0.2) is 31.3 Å². The van der Waals surface area contributed by atoms with Crippen molar-refractivity contribution >= 4 is 39.3 Å². The number of halogens is 1. The maximum absolute atomic E-state index is 12.1. The summed E-state index contributed by atoms with van der Waals surface area (Å²) in [6.07, 6.45) is 0. The van der Waals surface area contributed by atoms with Crippen molar-refractivity contribution < 1.29 is 19.1 Å². The van der Waals surface area contributed by atoms with E-state index in [0.29, 0.717) is 15.7 Å². The number of esters is 1. The molecule has 0 saturated carbocycles. The van der Waals surface area contributed by atoms with Crippen molar-refractivity contribution in [3.8, 4) is 0 Å². The van der Waals surface area contributed by atoms with Crippen LogP contribution in [0.5, 0.6) is 0 Å². The summed E-state index contributed by atoms with van der Waals surface area (Å²) in [4.78, 5) is 37.1. The summed E-state index contributed by atoms with van der Waals surface area (Å²) in [6, 6.07) is 5.05. The summed E-state index contributed by atoms with van der Waals surface area (Å²) >= 11 is 3.34. The highest BCUT2D eigenvalue weighted by atomic mass is 79.9. The molecule has 1 heterocycles. The van der Waals surface area contributed by atoms with E-state index < -0.39 is 23.1 Å². The van der Waals surface area contributed by atoms with Gasteiger partial charge < -0.3 is 9.64 Å². The van der Waals surface area contributed by atoms with Crippen LogP contribution in [0.2, 0.25) is 0 Å². The van der Waals surface area contributed by atoms with E-state index in [-0.39, 0.29) is 6.54 Å². The number of nitrogens with zero attached hydrogens (tertiary/aromatic N) is 1. The van der Waals surface area contributed by atoms with E-state index >= 15 is 0 Å². The molecule has 1 aliphatic rings. The lowest BCUT2D eigenvalue weighted by molar-refractivity contribution is -0.150. The first-order valence-corrected chi connectivity index (χ1v) is 6.82. The van der Waals surface area contributed by atoms with Crippen LogP contribution >= 0.6 is 15.9 Å². The molecule has 0 N–H and O–H groups in total. The number of hydrogen-bond acceptors (Lipinski definition) is 4. The van der Waals surface area contributed by atoms with Crippen LogP contribution in [-0.2, 0) is 14.3 Å². The van der Waals surface area contributed by atoms with Crippen LogP contribution < -0.4 is 4.90 Å². The average molecular weight is 340 g/mol. The van der Waals surface area contributed by atoms with E-state index in [1.54, 1.807) is 32.0 Å². The summed E-state index contributed by atoms with van der Waals surface area (Å²) in [5.41, 5.74) is -0.0359. The van der Waals surface area contributed by atoms with Gasteiger partial charge >= 0.3 is 5.97 Å². The summed E-state index contributed by atoms with van der Waals surface area (Å²) < 4.78 is 5.38. The molecule has 0 aromatic heterocycles.